The molecule has 120 valence electrons. The third kappa shape index (κ3) is 4.41. The van der Waals surface area contributed by atoms with Crippen LogP contribution in [0.1, 0.15) is 37.8 Å². The van der Waals surface area contributed by atoms with Crippen molar-refractivity contribution >= 4 is 16.5 Å². The van der Waals surface area contributed by atoms with E-state index in [1.54, 1.807) is 0 Å². The Bertz CT molecular complexity index is 447. The Labute approximate surface area is 132 Å². The van der Waals surface area contributed by atoms with Crippen molar-refractivity contribution in [2.24, 2.45) is 11.8 Å². The normalized spacial score (nSPS) is 23.0. The van der Waals surface area contributed by atoms with Gasteiger partial charge < -0.3 is 15.0 Å². The van der Waals surface area contributed by atoms with Crippen LogP contribution in [0, 0.1) is 18.8 Å². The van der Waals surface area contributed by atoms with Gasteiger partial charge in [0.2, 0.25) is 0 Å². The van der Waals surface area contributed by atoms with Crippen LogP contribution in [0.25, 0.3) is 0 Å². The number of ether oxygens (including phenoxy) is 1. The molecule has 1 aromatic rings. The van der Waals surface area contributed by atoms with Crippen molar-refractivity contribution < 1.29 is 4.74 Å². The van der Waals surface area contributed by atoms with Crippen LogP contribution in [0.2, 0.25) is 0 Å². The maximum absolute atomic E-state index is 5.61. The highest BCUT2D eigenvalue weighted by Crippen LogP contribution is 2.30. The standard InChI is InChI=1S/C16H29N3OS/c1-11(2)8-17-9-15-13(4)18-16(21-15)19-7-6-12(3)14(10-19)20-5/h11-12,14,17H,6-10H2,1-5H3. The fraction of sp³-hybridized carbons (Fsp3) is 0.812. The summed E-state index contributed by atoms with van der Waals surface area (Å²) in [7, 11) is 1.82. The molecule has 1 aliphatic heterocycles. The van der Waals surface area contributed by atoms with Gasteiger partial charge in [0.25, 0.3) is 0 Å². The molecule has 1 aliphatic rings. The van der Waals surface area contributed by atoms with E-state index >= 15 is 0 Å². The second-order valence-electron chi connectivity index (χ2n) is 6.52. The average molecular weight is 311 g/mol. The van der Waals surface area contributed by atoms with Gasteiger partial charge in [0.1, 0.15) is 0 Å². The lowest BCUT2D eigenvalue weighted by Crippen LogP contribution is -2.43. The zero-order valence-electron chi connectivity index (χ0n) is 14.0. The summed E-state index contributed by atoms with van der Waals surface area (Å²) in [6.07, 6.45) is 1.50. The molecule has 2 rings (SSSR count). The number of nitrogens with zero attached hydrogens (tertiary/aromatic N) is 2. The summed E-state index contributed by atoms with van der Waals surface area (Å²) in [5.74, 6) is 1.32. The maximum Gasteiger partial charge on any atom is 0.185 e. The Morgan fingerprint density at radius 2 is 2.24 bits per heavy atom. The van der Waals surface area contributed by atoms with E-state index in [2.05, 4.69) is 37.9 Å². The molecule has 1 N–H and O–H groups in total. The number of aromatic nitrogens is 1. The van der Waals surface area contributed by atoms with Gasteiger partial charge in [-0.05, 0) is 31.7 Å². The molecule has 2 heterocycles. The molecule has 1 fully saturated rings. The predicted octanol–water partition coefficient (Wildman–Crippen LogP) is 3.06. The molecule has 0 aliphatic carbocycles. The number of rotatable bonds is 6. The van der Waals surface area contributed by atoms with E-state index in [4.69, 9.17) is 9.72 Å². The van der Waals surface area contributed by atoms with E-state index in [-0.39, 0.29) is 0 Å². The van der Waals surface area contributed by atoms with Gasteiger partial charge >= 0.3 is 0 Å². The van der Waals surface area contributed by atoms with Crippen LogP contribution in [0.15, 0.2) is 0 Å². The minimum absolute atomic E-state index is 0.325. The molecular formula is C16H29N3OS. The van der Waals surface area contributed by atoms with E-state index in [1.807, 2.05) is 18.4 Å². The molecule has 2 unspecified atom stereocenters. The first-order valence-electron chi connectivity index (χ1n) is 7.96. The van der Waals surface area contributed by atoms with Gasteiger partial charge in [0.05, 0.1) is 11.8 Å². The molecule has 2 atom stereocenters. The first-order valence-corrected chi connectivity index (χ1v) is 8.77. The van der Waals surface area contributed by atoms with Gasteiger partial charge in [-0.15, -0.1) is 11.3 Å². The van der Waals surface area contributed by atoms with Crippen molar-refractivity contribution in [1.82, 2.24) is 10.3 Å². The Hall–Kier alpha value is -0.650. The lowest BCUT2D eigenvalue weighted by Gasteiger charge is -2.36. The highest BCUT2D eigenvalue weighted by atomic mass is 32.1. The lowest BCUT2D eigenvalue weighted by molar-refractivity contribution is 0.0498. The first kappa shape index (κ1) is 16.7. The number of nitrogens with one attached hydrogen (secondary N) is 1. The molecule has 5 heteroatoms. The fourth-order valence-corrected chi connectivity index (χ4v) is 3.77. The highest BCUT2D eigenvalue weighted by molar-refractivity contribution is 7.15. The largest absolute Gasteiger partial charge is 0.379 e. The molecule has 4 nitrogen and oxygen atoms in total. The summed E-state index contributed by atoms with van der Waals surface area (Å²) < 4.78 is 5.61. The number of methoxy groups -OCH3 is 1. The zero-order chi connectivity index (χ0) is 15.4. The molecule has 0 bridgehead atoms. The topological polar surface area (TPSA) is 37.4 Å². The minimum atomic E-state index is 0.325. The smallest absolute Gasteiger partial charge is 0.185 e. The molecule has 0 spiro atoms. The number of thiazole rings is 1. The minimum Gasteiger partial charge on any atom is -0.379 e. The van der Waals surface area contributed by atoms with Gasteiger partial charge in [-0.3, -0.25) is 0 Å². The third-order valence-electron chi connectivity index (χ3n) is 4.18. The summed E-state index contributed by atoms with van der Waals surface area (Å²) in [6.45, 7) is 12.9. The number of anilines is 1. The Balaban J connectivity index is 1.97. The van der Waals surface area contributed by atoms with Crippen LogP contribution < -0.4 is 10.2 Å². The maximum atomic E-state index is 5.61. The van der Waals surface area contributed by atoms with Crippen LogP contribution in [-0.4, -0.2) is 37.8 Å². The number of aryl methyl sites for hydroxylation is 1. The third-order valence-corrected chi connectivity index (χ3v) is 5.40. The second-order valence-corrected chi connectivity index (χ2v) is 7.58. The monoisotopic (exact) mass is 311 g/mol. The van der Waals surface area contributed by atoms with Crippen LogP contribution in [-0.2, 0) is 11.3 Å². The molecule has 1 saturated heterocycles. The van der Waals surface area contributed by atoms with Crippen molar-refractivity contribution in [3.63, 3.8) is 0 Å². The van der Waals surface area contributed by atoms with E-state index in [1.165, 1.54) is 17.0 Å². The highest BCUT2D eigenvalue weighted by Gasteiger charge is 2.27. The average Bonchev–Trinajstić information content (AvgIpc) is 2.80. The van der Waals surface area contributed by atoms with E-state index < -0.39 is 0 Å². The molecule has 0 amide bonds. The summed E-state index contributed by atoms with van der Waals surface area (Å²) in [6, 6.07) is 0. The fourth-order valence-electron chi connectivity index (χ4n) is 2.70. The predicted molar refractivity (Wildman–Crippen MR) is 90.2 cm³/mol. The van der Waals surface area contributed by atoms with Crippen LogP contribution in [0.5, 0.6) is 0 Å². The van der Waals surface area contributed by atoms with E-state index in [9.17, 15) is 0 Å². The quantitative estimate of drug-likeness (QED) is 0.876. The van der Waals surface area contributed by atoms with Gasteiger partial charge in [0, 0.05) is 31.6 Å². The first-order chi connectivity index (χ1) is 10.0. The van der Waals surface area contributed by atoms with Gasteiger partial charge in [-0.25, -0.2) is 4.98 Å². The SMILES string of the molecule is COC1CN(c2nc(C)c(CNCC(C)C)s2)CCC1C. The van der Waals surface area contributed by atoms with Gasteiger partial charge in [0.15, 0.2) is 5.13 Å². The van der Waals surface area contributed by atoms with Crippen LogP contribution >= 0.6 is 11.3 Å². The van der Waals surface area contributed by atoms with Crippen molar-refractivity contribution in [2.45, 2.75) is 46.8 Å². The number of hydrogen-bond donors (Lipinski definition) is 1. The Morgan fingerprint density at radius 3 is 2.90 bits per heavy atom. The summed E-state index contributed by atoms with van der Waals surface area (Å²) in [5.41, 5.74) is 1.17. The Kier molecular flexibility index (Phi) is 6.02. The number of hydrogen-bond acceptors (Lipinski definition) is 5. The van der Waals surface area contributed by atoms with Crippen molar-refractivity contribution in [3.05, 3.63) is 10.6 Å². The molecule has 1 aromatic heterocycles. The zero-order valence-corrected chi connectivity index (χ0v) is 14.8. The molecule has 21 heavy (non-hydrogen) atoms. The van der Waals surface area contributed by atoms with Gasteiger partial charge in [-0.2, -0.15) is 0 Å². The van der Waals surface area contributed by atoms with Crippen molar-refractivity contribution in [3.8, 4) is 0 Å². The van der Waals surface area contributed by atoms with Crippen LogP contribution in [0.3, 0.4) is 0 Å². The van der Waals surface area contributed by atoms with E-state index in [0.717, 1.165) is 31.3 Å². The lowest BCUT2D eigenvalue weighted by atomic mass is 9.96. The summed E-state index contributed by atoms with van der Waals surface area (Å²) in [5, 5.41) is 4.67. The van der Waals surface area contributed by atoms with Crippen molar-refractivity contribution in [2.75, 3.05) is 31.6 Å². The Morgan fingerprint density at radius 1 is 1.48 bits per heavy atom. The summed E-state index contributed by atoms with van der Waals surface area (Å²) in [4.78, 5) is 8.52. The van der Waals surface area contributed by atoms with E-state index in [0.29, 0.717) is 17.9 Å². The molecule has 0 saturated carbocycles. The van der Waals surface area contributed by atoms with Crippen molar-refractivity contribution in [1.29, 1.82) is 0 Å². The van der Waals surface area contributed by atoms with Gasteiger partial charge in [-0.1, -0.05) is 20.8 Å². The molecular weight excluding hydrogens is 282 g/mol. The molecule has 0 aromatic carbocycles. The van der Waals surface area contributed by atoms with Crippen LogP contribution in [0.4, 0.5) is 5.13 Å². The second kappa shape index (κ2) is 7.56. The molecule has 0 radical (unpaired) electrons. The summed E-state index contributed by atoms with van der Waals surface area (Å²) >= 11 is 1.83. The number of piperidine rings is 1.